The van der Waals surface area contributed by atoms with E-state index in [1.807, 2.05) is 14.0 Å². The molecule has 0 fully saturated rings. The topological polar surface area (TPSA) is 35.9 Å². The highest BCUT2D eigenvalue weighted by molar-refractivity contribution is 5.86. The fraction of sp³-hybridized carbons (Fsp3) is 0.909. The Morgan fingerprint density at radius 2 is 1.69 bits per heavy atom. The van der Waals surface area contributed by atoms with Gasteiger partial charge in [0.1, 0.15) is 0 Å². The van der Waals surface area contributed by atoms with Crippen LogP contribution in [0.5, 0.6) is 0 Å². The molecule has 0 amide bonds. The van der Waals surface area contributed by atoms with Crippen LogP contribution in [-0.2, 0) is 0 Å². The molecule has 0 saturated carbocycles. The second-order valence-electron chi connectivity index (χ2n) is 4.25. The van der Waals surface area contributed by atoms with E-state index in [1.165, 1.54) is 0 Å². The third-order valence-electron chi connectivity index (χ3n) is 4.01. The van der Waals surface area contributed by atoms with Gasteiger partial charge in [0.25, 0.3) is 0 Å². The van der Waals surface area contributed by atoms with Gasteiger partial charge >= 0.3 is 0 Å². The van der Waals surface area contributed by atoms with Crippen molar-refractivity contribution in [2.24, 2.45) is 5.41 Å². The highest BCUT2D eigenvalue weighted by Gasteiger charge is 2.42. The second kappa shape index (κ2) is 4.23. The van der Waals surface area contributed by atoms with Crippen molar-refractivity contribution in [1.82, 2.24) is 5.32 Å². The number of hydrogen-bond donors (Lipinski definition) is 2. The molecule has 0 radical (unpaired) electrons. The second-order valence-corrected chi connectivity index (χ2v) is 4.25. The zero-order chi connectivity index (χ0) is 10.7. The summed E-state index contributed by atoms with van der Waals surface area (Å²) in [5.41, 5.74) is 0.776. The predicted molar refractivity (Wildman–Crippen MR) is 59.6 cm³/mol. The van der Waals surface area contributed by atoms with Crippen molar-refractivity contribution in [2.75, 3.05) is 7.05 Å². The maximum Gasteiger partial charge on any atom is 0.0253 e. The Hall–Kier alpha value is -0.370. The first-order chi connectivity index (χ1) is 5.88. The summed E-state index contributed by atoms with van der Waals surface area (Å²) in [5, 5.41) is 11.2. The Bertz CT molecular complexity index is 183. The van der Waals surface area contributed by atoms with Gasteiger partial charge in [0.15, 0.2) is 0 Å². The lowest BCUT2D eigenvalue weighted by molar-refractivity contribution is 0.186. The predicted octanol–water partition coefficient (Wildman–Crippen LogP) is 2.83. The maximum absolute atomic E-state index is 7.87. The van der Waals surface area contributed by atoms with Gasteiger partial charge in [0.2, 0.25) is 0 Å². The van der Waals surface area contributed by atoms with Crippen molar-refractivity contribution in [2.45, 2.75) is 53.0 Å². The van der Waals surface area contributed by atoms with Crippen LogP contribution < -0.4 is 5.32 Å². The van der Waals surface area contributed by atoms with Crippen molar-refractivity contribution in [1.29, 1.82) is 5.41 Å². The molecule has 0 heterocycles. The minimum Gasteiger partial charge on any atom is -0.314 e. The van der Waals surface area contributed by atoms with Crippen LogP contribution in [0.2, 0.25) is 0 Å². The Morgan fingerprint density at radius 1 is 1.23 bits per heavy atom. The minimum absolute atomic E-state index is 0.0312. The lowest BCUT2D eigenvalue weighted by Gasteiger charge is -2.45. The summed E-state index contributed by atoms with van der Waals surface area (Å²) in [4.78, 5) is 0. The molecule has 0 aliphatic rings. The van der Waals surface area contributed by atoms with E-state index in [9.17, 15) is 0 Å². The molecule has 2 N–H and O–H groups in total. The van der Waals surface area contributed by atoms with Crippen molar-refractivity contribution in [3.63, 3.8) is 0 Å². The fourth-order valence-electron chi connectivity index (χ4n) is 1.91. The number of rotatable bonds is 5. The zero-order valence-corrected chi connectivity index (χ0v) is 9.91. The van der Waals surface area contributed by atoms with Gasteiger partial charge in [-0.3, -0.25) is 0 Å². The molecule has 13 heavy (non-hydrogen) atoms. The standard InChI is InChI=1S/C11H24N2/c1-7-10(4,9(3)12)11(5,8-2)13-6/h12-13H,7-8H2,1-6H3. The maximum atomic E-state index is 7.87. The molecule has 0 aromatic carbocycles. The summed E-state index contributed by atoms with van der Waals surface area (Å²) in [6, 6.07) is 0. The molecule has 0 spiro atoms. The van der Waals surface area contributed by atoms with E-state index >= 15 is 0 Å². The van der Waals surface area contributed by atoms with Gasteiger partial charge in [-0.05, 0) is 33.7 Å². The van der Waals surface area contributed by atoms with E-state index < -0.39 is 0 Å². The Morgan fingerprint density at radius 3 is 1.77 bits per heavy atom. The van der Waals surface area contributed by atoms with Crippen molar-refractivity contribution in [3.05, 3.63) is 0 Å². The van der Waals surface area contributed by atoms with Crippen molar-refractivity contribution >= 4 is 5.71 Å². The molecule has 0 aliphatic carbocycles. The first-order valence-electron chi connectivity index (χ1n) is 5.12. The molecule has 0 aliphatic heterocycles. The van der Waals surface area contributed by atoms with E-state index in [1.54, 1.807) is 0 Å². The summed E-state index contributed by atoms with van der Waals surface area (Å²) in [5.74, 6) is 0. The summed E-state index contributed by atoms with van der Waals surface area (Å²) in [6.07, 6.45) is 2.05. The molecule has 2 nitrogen and oxygen atoms in total. The van der Waals surface area contributed by atoms with Gasteiger partial charge in [0.05, 0.1) is 0 Å². The number of hydrogen-bond acceptors (Lipinski definition) is 2. The van der Waals surface area contributed by atoms with E-state index in [0.29, 0.717) is 0 Å². The average molecular weight is 184 g/mol. The van der Waals surface area contributed by atoms with Crippen LogP contribution in [-0.4, -0.2) is 18.3 Å². The Balaban J connectivity index is 5.03. The Labute approximate surface area is 82.6 Å². The van der Waals surface area contributed by atoms with Gasteiger partial charge in [-0.15, -0.1) is 0 Å². The highest BCUT2D eigenvalue weighted by atomic mass is 15.0. The first kappa shape index (κ1) is 12.6. The molecule has 2 unspecified atom stereocenters. The summed E-state index contributed by atoms with van der Waals surface area (Å²) in [6.45, 7) is 10.6. The normalized spacial score (nSPS) is 20.5. The molecule has 2 heteroatoms. The third-order valence-corrected chi connectivity index (χ3v) is 4.01. The minimum atomic E-state index is -0.0312. The average Bonchev–Trinajstić information content (AvgIpc) is 2.14. The molecule has 0 saturated heterocycles. The van der Waals surface area contributed by atoms with Gasteiger partial charge < -0.3 is 10.7 Å². The van der Waals surface area contributed by atoms with Crippen LogP contribution in [0, 0.1) is 10.8 Å². The van der Waals surface area contributed by atoms with E-state index in [2.05, 4.69) is 33.0 Å². The SMILES string of the molecule is CCC(C)(NC)C(C)(CC)C(C)=N. The molecule has 78 valence electrons. The van der Waals surface area contributed by atoms with Crippen molar-refractivity contribution < 1.29 is 0 Å². The van der Waals surface area contributed by atoms with E-state index in [4.69, 9.17) is 5.41 Å². The summed E-state index contributed by atoms with van der Waals surface area (Å²) < 4.78 is 0. The van der Waals surface area contributed by atoms with Crippen molar-refractivity contribution in [3.8, 4) is 0 Å². The summed E-state index contributed by atoms with van der Waals surface area (Å²) >= 11 is 0. The molecular formula is C11H24N2. The summed E-state index contributed by atoms with van der Waals surface area (Å²) in [7, 11) is 1.99. The van der Waals surface area contributed by atoms with Gasteiger partial charge in [-0.25, -0.2) is 0 Å². The lowest BCUT2D eigenvalue weighted by Crippen LogP contribution is -2.56. The third kappa shape index (κ3) is 1.93. The van der Waals surface area contributed by atoms with Gasteiger partial charge in [-0.1, -0.05) is 20.8 Å². The zero-order valence-electron chi connectivity index (χ0n) is 9.91. The van der Waals surface area contributed by atoms with E-state index in [-0.39, 0.29) is 11.0 Å². The molecule has 0 aromatic rings. The quantitative estimate of drug-likeness (QED) is 0.633. The van der Waals surface area contributed by atoms with Gasteiger partial charge in [0, 0.05) is 16.7 Å². The highest BCUT2D eigenvalue weighted by Crippen LogP contribution is 2.37. The van der Waals surface area contributed by atoms with Crippen LogP contribution in [0.25, 0.3) is 0 Å². The molecule has 2 atom stereocenters. The molecule has 0 bridgehead atoms. The molecule has 0 aromatic heterocycles. The van der Waals surface area contributed by atoms with Crippen LogP contribution in [0.3, 0.4) is 0 Å². The van der Waals surface area contributed by atoms with Crippen LogP contribution in [0.15, 0.2) is 0 Å². The lowest BCUT2D eigenvalue weighted by atomic mass is 9.66. The van der Waals surface area contributed by atoms with Crippen LogP contribution in [0.4, 0.5) is 0 Å². The molecule has 0 rings (SSSR count). The van der Waals surface area contributed by atoms with Crippen LogP contribution >= 0.6 is 0 Å². The van der Waals surface area contributed by atoms with Gasteiger partial charge in [-0.2, -0.15) is 0 Å². The first-order valence-corrected chi connectivity index (χ1v) is 5.12. The Kier molecular flexibility index (Phi) is 4.11. The monoisotopic (exact) mass is 184 g/mol. The smallest absolute Gasteiger partial charge is 0.0253 e. The number of nitrogens with one attached hydrogen (secondary N) is 2. The molecular weight excluding hydrogens is 160 g/mol. The largest absolute Gasteiger partial charge is 0.314 e. The fourth-order valence-corrected chi connectivity index (χ4v) is 1.91. The van der Waals surface area contributed by atoms with E-state index in [0.717, 1.165) is 18.6 Å². The van der Waals surface area contributed by atoms with Crippen LogP contribution in [0.1, 0.15) is 47.5 Å².